The summed E-state index contributed by atoms with van der Waals surface area (Å²) in [6.45, 7) is 3.69. The Morgan fingerprint density at radius 3 is 2.58 bits per heavy atom. The number of carbonyl (C=O) groups excluding carboxylic acids is 1. The van der Waals surface area contributed by atoms with E-state index in [1.54, 1.807) is 46.3 Å². The van der Waals surface area contributed by atoms with Crippen molar-refractivity contribution in [3.63, 3.8) is 0 Å². The molecule has 1 atom stereocenters. The number of benzene rings is 2. The Balaban J connectivity index is 2.02. The number of esters is 1. The Labute approximate surface area is 194 Å². The van der Waals surface area contributed by atoms with Gasteiger partial charge in [-0.1, -0.05) is 41.7 Å². The molecule has 2 heterocycles. The third-order valence-electron chi connectivity index (χ3n) is 5.35. The summed E-state index contributed by atoms with van der Waals surface area (Å²) in [6.07, 6.45) is 1.83. The molecule has 0 saturated heterocycles. The Kier molecular flexibility index (Phi) is 6.46. The average Bonchev–Trinajstić information content (AvgIpc) is 3.12. The van der Waals surface area contributed by atoms with Gasteiger partial charge in [-0.05, 0) is 43.7 Å². The van der Waals surface area contributed by atoms with Gasteiger partial charge >= 0.3 is 5.97 Å². The second-order valence-electron chi connectivity index (χ2n) is 7.32. The number of ether oxygens (including phenoxy) is 3. The molecule has 2 aromatic carbocycles. The van der Waals surface area contributed by atoms with Gasteiger partial charge in [-0.15, -0.1) is 0 Å². The van der Waals surface area contributed by atoms with E-state index in [0.717, 1.165) is 5.56 Å². The summed E-state index contributed by atoms with van der Waals surface area (Å²) in [4.78, 5) is 31.8. The van der Waals surface area contributed by atoms with Gasteiger partial charge in [-0.3, -0.25) is 9.36 Å². The molecule has 33 heavy (non-hydrogen) atoms. The third kappa shape index (κ3) is 4.21. The highest BCUT2D eigenvalue weighted by molar-refractivity contribution is 7.07. The molecule has 0 spiro atoms. The maximum Gasteiger partial charge on any atom is 0.338 e. The number of hydrogen-bond donors (Lipinski definition) is 0. The topological polar surface area (TPSA) is 79.1 Å². The quantitative estimate of drug-likeness (QED) is 0.524. The summed E-state index contributed by atoms with van der Waals surface area (Å²) in [5, 5.41) is 0. The fraction of sp³-hybridized carbons (Fsp3) is 0.240. The molecule has 0 aliphatic carbocycles. The van der Waals surface area contributed by atoms with E-state index in [-0.39, 0.29) is 12.2 Å². The Hall–Kier alpha value is -3.65. The second-order valence-corrected chi connectivity index (χ2v) is 8.33. The van der Waals surface area contributed by atoms with Crippen LogP contribution in [0.3, 0.4) is 0 Å². The molecule has 0 N–H and O–H groups in total. The number of aromatic nitrogens is 1. The van der Waals surface area contributed by atoms with Crippen molar-refractivity contribution >= 4 is 23.4 Å². The number of hydrogen-bond acceptors (Lipinski definition) is 7. The van der Waals surface area contributed by atoms with Crippen molar-refractivity contribution in [1.29, 1.82) is 0 Å². The smallest absolute Gasteiger partial charge is 0.338 e. The van der Waals surface area contributed by atoms with Crippen molar-refractivity contribution in [2.75, 3.05) is 20.8 Å². The van der Waals surface area contributed by atoms with Gasteiger partial charge in [-0.2, -0.15) is 0 Å². The van der Waals surface area contributed by atoms with Gasteiger partial charge in [0.05, 0.1) is 36.6 Å². The van der Waals surface area contributed by atoms with E-state index in [1.165, 1.54) is 15.9 Å². The van der Waals surface area contributed by atoms with E-state index < -0.39 is 12.0 Å². The van der Waals surface area contributed by atoms with Crippen molar-refractivity contribution in [2.45, 2.75) is 19.9 Å². The summed E-state index contributed by atoms with van der Waals surface area (Å²) in [5.74, 6) is 0.580. The largest absolute Gasteiger partial charge is 0.497 e. The number of carbonyl (C=O) groups is 1. The van der Waals surface area contributed by atoms with Crippen LogP contribution < -0.4 is 24.4 Å². The first-order valence-corrected chi connectivity index (χ1v) is 11.3. The zero-order valence-electron chi connectivity index (χ0n) is 18.8. The molecule has 3 aromatic rings. The van der Waals surface area contributed by atoms with Crippen LogP contribution in [0.1, 0.15) is 31.0 Å². The Morgan fingerprint density at radius 1 is 1.15 bits per heavy atom. The van der Waals surface area contributed by atoms with Gasteiger partial charge in [0.1, 0.15) is 17.5 Å². The Morgan fingerprint density at radius 2 is 1.91 bits per heavy atom. The molecule has 0 bridgehead atoms. The molecular weight excluding hydrogens is 440 g/mol. The fourth-order valence-electron chi connectivity index (χ4n) is 3.84. The summed E-state index contributed by atoms with van der Waals surface area (Å²) in [5.41, 5.74) is 2.06. The number of thiazole rings is 1. The molecule has 0 unspecified atom stereocenters. The van der Waals surface area contributed by atoms with Crippen LogP contribution in [0.5, 0.6) is 11.5 Å². The van der Waals surface area contributed by atoms with E-state index in [4.69, 9.17) is 14.2 Å². The molecule has 1 aliphatic heterocycles. The highest BCUT2D eigenvalue weighted by Gasteiger charge is 2.35. The molecule has 8 heteroatoms. The van der Waals surface area contributed by atoms with Crippen molar-refractivity contribution in [2.24, 2.45) is 4.99 Å². The van der Waals surface area contributed by atoms with E-state index >= 15 is 0 Å². The number of fused-ring (bicyclic) bond motifs is 1. The number of nitrogens with zero attached hydrogens (tertiary/aromatic N) is 2. The van der Waals surface area contributed by atoms with Crippen LogP contribution in [0.4, 0.5) is 0 Å². The van der Waals surface area contributed by atoms with Crippen LogP contribution in [-0.2, 0) is 9.53 Å². The van der Waals surface area contributed by atoms with Gasteiger partial charge in [0, 0.05) is 5.56 Å². The first kappa shape index (κ1) is 22.5. The lowest BCUT2D eigenvalue weighted by Crippen LogP contribution is -2.40. The third-order valence-corrected chi connectivity index (χ3v) is 6.33. The normalized spacial score (nSPS) is 15.6. The molecule has 1 aliphatic rings. The Bertz CT molecular complexity index is 1400. The monoisotopic (exact) mass is 464 g/mol. The lowest BCUT2D eigenvalue weighted by molar-refractivity contribution is -0.139. The van der Waals surface area contributed by atoms with Crippen LogP contribution in [0.2, 0.25) is 0 Å². The summed E-state index contributed by atoms with van der Waals surface area (Å²) >= 11 is 1.28. The number of allylic oxidation sites excluding steroid dienone is 1. The van der Waals surface area contributed by atoms with Gasteiger partial charge < -0.3 is 14.2 Å². The lowest BCUT2D eigenvalue weighted by Gasteiger charge is -2.26. The van der Waals surface area contributed by atoms with E-state index in [0.29, 0.717) is 37.7 Å². The number of methoxy groups -OCH3 is 2. The highest BCUT2D eigenvalue weighted by atomic mass is 32.1. The molecule has 0 fully saturated rings. The molecule has 0 saturated carbocycles. The second kappa shape index (κ2) is 9.46. The molecule has 1 aromatic heterocycles. The predicted octanol–water partition coefficient (Wildman–Crippen LogP) is 2.82. The van der Waals surface area contributed by atoms with E-state index in [1.807, 2.05) is 36.4 Å². The molecule has 4 rings (SSSR count). The van der Waals surface area contributed by atoms with Gasteiger partial charge in [0.15, 0.2) is 4.80 Å². The molecule has 0 amide bonds. The minimum atomic E-state index is -0.775. The molecule has 0 radical (unpaired) electrons. The van der Waals surface area contributed by atoms with Crippen molar-refractivity contribution in [3.05, 3.63) is 90.6 Å². The first-order chi connectivity index (χ1) is 16.0. The van der Waals surface area contributed by atoms with Crippen molar-refractivity contribution < 1.29 is 19.0 Å². The highest BCUT2D eigenvalue weighted by Crippen LogP contribution is 2.37. The minimum absolute atomic E-state index is 0.204. The van der Waals surface area contributed by atoms with Crippen LogP contribution >= 0.6 is 11.3 Å². The van der Waals surface area contributed by atoms with Crippen molar-refractivity contribution in [3.8, 4) is 11.5 Å². The summed E-state index contributed by atoms with van der Waals surface area (Å²) < 4.78 is 18.4. The molecular formula is C25H24N2O5S. The minimum Gasteiger partial charge on any atom is -0.497 e. The summed E-state index contributed by atoms with van der Waals surface area (Å²) in [7, 11) is 3.11. The lowest BCUT2D eigenvalue weighted by atomic mass is 9.94. The predicted molar refractivity (Wildman–Crippen MR) is 126 cm³/mol. The van der Waals surface area contributed by atoms with Crippen LogP contribution in [0, 0.1) is 0 Å². The summed E-state index contributed by atoms with van der Waals surface area (Å²) in [6, 6.07) is 14.1. The average molecular weight is 465 g/mol. The van der Waals surface area contributed by atoms with E-state index in [2.05, 4.69) is 4.99 Å². The van der Waals surface area contributed by atoms with Crippen LogP contribution in [-0.4, -0.2) is 31.4 Å². The fourth-order valence-corrected chi connectivity index (χ4v) is 4.89. The molecule has 170 valence electrons. The number of rotatable bonds is 6. The van der Waals surface area contributed by atoms with E-state index in [9.17, 15) is 9.59 Å². The van der Waals surface area contributed by atoms with Gasteiger partial charge in [-0.25, -0.2) is 9.79 Å². The van der Waals surface area contributed by atoms with Gasteiger partial charge in [0.25, 0.3) is 5.56 Å². The first-order valence-electron chi connectivity index (χ1n) is 10.4. The zero-order chi connectivity index (χ0) is 23.5. The maximum absolute atomic E-state index is 13.6. The molecule has 7 nitrogen and oxygen atoms in total. The SMILES string of the molecule is CCOC(=O)C1=C(C)N=c2s/c(=C\c3ccccc3)c(=O)n2[C@H]1c1cc(OC)ccc1OC. The van der Waals surface area contributed by atoms with Crippen LogP contribution in [0.25, 0.3) is 6.08 Å². The zero-order valence-corrected chi connectivity index (χ0v) is 19.6. The van der Waals surface area contributed by atoms with Crippen molar-refractivity contribution in [1.82, 2.24) is 4.57 Å². The van der Waals surface area contributed by atoms with Gasteiger partial charge in [0.2, 0.25) is 0 Å². The van der Waals surface area contributed by atoms with Crippen LogP contribution in [0.15, 0.2) is 69.6 Å². The maximum atomic E-state index is 13.6. The standard InChI is InChI=1S/C25H24N2O5S/c1-5-32-24(29)21-15(2)26-25-27(22(21)18-14-17(30-3)11-12-19(18)31-4)23(28)20(33-25)13-16-9-7-6-8-10-16/h6-14,22H,5H2,1-4H3/b20-13-/t22-/m0/s1.